The van der Waals surface area contributed by atoms with E-state index in [1.54, 1.807) is 12.4 Å². The summed E-state index contributed by atoms with van der Waals surface area (Å²) >= 11 is 0. The minimum atomic E-state index is -0.336. The third kappa shape index (κ3) is 4.50. The first-order valence-corrected chi connectivity index (χ1v) is 13.4. The predicted molar refractivity (Wildman–Crippen MR) is 152 cm³/mol. The van der Waals surface area contributed by atoms with Crippen molar-refractivity contribution in [2.45, 2.75) is 38.8 Å². The molecule has 9 heteroatoms. The first-order chi connectivity index (χ1) is 18.7. The molecule has 0 bridgehead atoms. The molecule has 2 aliphatic heterocycles. The van der Waals surface area contributed by atoms with Crippen LogP contribution in [0.1, 0.15) is 42.6 Å². The monoisotopic (exact) mass is 527 g/mol. The van der Waals surface area contributed by atoms with Crippen LogP contribution < -0.4 is 15.5 Å². The maximum Gasteiger partial charge on any atom is 0.254 e. The first-order valence-electron chi connectivity index (χ1n) is 13.4. The number of nitrogens with zero attached hydrogens (tertiary/aromatic N) is 5. The number of aromatic nitrogens is 3. The highest BCUT2D eigenvalue weighted by atomic mass is 19.1. The lowest BCUT2D eigenvalue weighted by molar-refractivity contribution is 0.0966. The standard InChI is InChI=1S/C30H34FN7O/c1-30(2,36(3)4)19-6-5-12-37(18-19)21-7-10-26(32-15-21)35-24-9-8-22(23-16-34-29(39)28(23)24)25-17-33-27-14-20(31)11-13-38(25)27/h7-11,13-15,17,19H,5-6,12,16,18H2,1-4H3,(H,32,35)(H,34,39)/t19-/m1/s1. The Morgan fingerprint density at radius 2 is 1.97 bits per heavy atom. The molecule has 202 valence electrons. The molecule has 4 aromatic rings. The fourth-order valence-electron chi connectivity index (χ4n) is 5.79. The summed E-state index contributed by atoms with van der Waals surface area (Å²) in [6.45, 7) is 7.09. The fourth-order valence-corrected chi connectivity index (χ4v) is 5.79. The number of rotatable bonds is 6. The van der Waals surface area contributed by atoms with Gasteiger partial charge in [-0.05, 0) is 76.5 Å². The molecule has 8 nitrogen and oxygen atoms in total. The van der Waals surface area contributed by atoms with Crippen molar-refractivity contribution in [2.75, 3.05) is 37.4 Å². The van der Waals surface area contributed by atoms with Crippen molar-refractivity contribution >= 4 is 28.7 Å². The Morgan fingerprint density at radius 1 is 1.13 bits per heavy atom. The fraction of sp³-hybridized carbons (Fsp3) is 0.367. The molecule has 6 rings (SSSR count). The zero-order chi connectivity index (χ0) is 27.3. The SMILES string of the molecule is CN(C)C(C)(C)[C@@H]1CCCN(c2ccc(Nc3ccc(-c4cnc5cc(F)ccn45)c4c3C(=O)NC4)nc2)C1. The average molecular weight is 528 g/mol. The van der Waals surface area contributed by atoms with Gasteiger partial charge < -0.3 is 20.4 Å². The normalized spacial score (nSPS) is 17.5. The molecular weight excluding hydrogens is 493 g/mol. The molecule has 2 N–H and O–H groups in total. The van der Waals surface area contributed by atoms with Gasteiger partial charge in [0.1, 0.15) is 17.3 Å². The van der Waals surface area contributed by atoms with Gasteiger partial charge in [-0.1, -0.05) is 6.07 Å². The quantitative estimate of drug-likeness (QED) is 0.364. The molecule has 0 saturated carbocycles. The minimum absolute atomic E-state index is 0.125. The van der Waals surface area contributed by atoms with Crippen molar-refractivity contribution in [2.24, 2.45) is 5.92 Å². The van der Waals surface area contributed by atoms with E-state index >= 15 is 0 Å². The largest absolute Gasteiger partial charge is 0.370 e. The Kier molecular flexibility index (Phi) is 6.26. The number of hydrogen-bond acceptors (Lipinski definition) is 6. The Bertz CT molecular complexity index is 1540. The van der Waals surface area contributed by atoms with Crippen molar-refractivity contribution < 1.29 is 9.18 Å². The van der Waals surface area contributed by atoms with Gasteiger partial charge in [0.25, 0.3) is 5.91 Å². The molecule has 1 aromatic carbocycles. The second kappa shape index (κ2) is 9.64. The smallest absolute Gasteiger partial charge is 0.254 e. The molecule has 5 heterocycles. The van der Waals surface area contributed by atoms with Crippen LogP contribution in [0, 0.1) is 11.7 Å². The van der Waals surface area contributed by atoms with Crippen molar-refractivity contribution in [1.29, 1.82) is 0 Å². The summed E-state index contributed by atoms with van der Waals surface area (Å²) < 4.78 is 15.5. The topological polar surface area (TPSA) is 77.8 Å². The molecule has 3 aromatic heterocycles. The van der Waals surface area contributed by atoms with Crippen LogP contribution in [0.5, 0.6) is 0 Å². The van der Waals surface area contributed by atoms with E-state index in [0.29, 0.717) is 35.2 Å². The number of carbonyl (C=O) groups is 1. The average Bonchev–Trinajstić information content (AvgIpc) is 3.53. The third-order valence-corrected chi connectivity index (χ3v) is 8.67. The maximum absolute atomic E-state index is 13.7. The Hall–Kier alpha value is -3.98. The molecule has 1 amide bonds. The molecule has 0 spiro atoms. The van der Waals surface area contributed by atoms with Crippen LogP contribution in [-0.2, 0) is 6.54 Å². The summed E-state index contributed by atoms with van der Waals surface area (Å²) in [6, 6.07) is 10.7. The molecule has 0 radical (unpaired) electrons. The number of nitrogens with one attached hydrogen (secondary N) is 2. The van der Waals surface area contributed by atoms with Gasteiger partial charge >= 0.3 is 0 Å². The molecule has 1 saturated heterocycles. The van der Waals surface area contributed by atoms with Crippen LogP contribution in [0.4, 0.5) is 21.6 Å². The zero-order valence-electron chi connectivity index (χ0n) is 22.8. The predicted octanol–water partition coefficient (Wildman–Crippen LogP) is 5.08. The van der Waals surface area contributed by atoms with Crippen LogP contribution in [0.15, 0.2) is 55.0 Å². The zero-order valence-corrected chi connectivity index (χ0v) is 22.8. The van der Waals surface area contributed by atoms with E-state index in [2.05, 4.69) is 59.4 Å². The summed E-state index contributed by atoms with van der Waals surface area (Å²) in [7, 11) is 4.31. The number of amides is 1. The number of hydrogen-bond donors (Lipinski definition) is 2. The highest BCUT2D eigenvalue weighted by Crippen LogP contribution is 2.36. The highest BCUT2D eigenvalue weighted by Gasteiger charge is 2.35. The minimum Gasteiger partial charge on any atom is -0.370 e. The molecule has 0 unspecified atom stereocenters. The lowest BCUT2D eigenvalue weighted by atomic mass is 9.80. The van der Waals surface area contributed by atoms with Crippen molar-refractivity contribution in [3.8, 4) is 11.3 Å². The first kappa shape index (κ1) is 25.3. The van der Waals surface area contributed by atoms with Gasteiger partial charge in [0.05, 0.1) is 35.0 Å². The number of fused-ring (bicyclic) bond motifs is 2. The molecule has 0 aliphatic carbocycles. The summed E-state index contributed by atoms with van der Waals surface area (Å²) in [5.74, 6) is 0.789. The van der Waals surface area contributed by atoms with Gasteiger partial charge in [-0.2, -0.15) is 0 Å². The molecule has 1 atom stereocenters. The van der Waals surface area contributed by atoms with E-state index in [4.69, 9.17) is 4.98 Å². The van der Waals surface area contributed by atoms with Crippen LogP contribution in [0.3, 0.4) is 0 Å². The van der Waals surface area contributed by atoms with Gasteiger partial charge in [-0.3, -0.25) is 9.20 Å². The van der Waals surface area contributed by atoms with Crippen LogP contribution in [0.25, 0.3) is 16.9 Å². The van der Waals surface area contributed by atoms with Gasteiger partial charge in [0.15, 0.2) is 0 Å². The summed E-state index contributed by atoms with van der Waals surface area (Å²) in [5, 5.41) is 6.31. The van der Waals surface area contributed by atoms with Crippen LogP contribution >= 0.6 is 0 Å². The summed E-state index contributed by atoms with van der Waals surface area (Å²) in [5.41, 5.74) is 5.64. The second-order valence-corrected chi connectivity index (χ2v) is 11.3. The van der Waals surface area contributed by atoms with Crippen molar-refractivity contribution in [1.82, 2.24) is 24.6 Å². The van der Waals surface area contributed by atoms with Gasteiger partial charge in [-0.25, -0.2) is 14.4 Å². The number of halogens is 1. The highest BCUT2D eigenvalue weighted by molar-refractivity contribution is 6.06. The van der Waals surface area contributed by atoms with Crippen molar-refractivity contribution in [3.63, 3.8) is 0 Å². The van der Waals surface area contributed by atoms with Gasteiger partial charge in [0, 0.05) is 43.0 Å². The summed E-state index contributed by atoms with van der Waals surface area (Å²) in [4.78, 5) is 26.7. The van der Waals surface area contributed by atoms with E-state index in [0.717, 1.165) is 42.0 Å². The van der Waals surface area contributed by atoms with E-state index in [9.17, 15) is 9.18 Å². The van der Waals surface area contributed by atoms with E-state index in [-0.39, 0.29) is 17.3 Å². The number of anilines is 3. The second-order valence-electron chi connectivity index (χ2n) is 11.3. The molecule has 39 heavy (non-hydrogen) atoms. The maximum atomic E-state index is 13.7. The van der Waals surface area contributed by atoms with Gasteiger partial charge in [-0.15, -0.1) is 0 Å². The number of imidazole rings is 1. The Balaban J connectivity index is 1.25. The van der Waals surface area contributed by atoms with Crippen LogP contribution in [0.2, 0.25) is 0 Å². The van der Waals surface area contributed by atoms with Crippen LogP contribution in [-0.4, -0.2) is 57.9 Å². The number of carbonyl (C=O) groups excluding carboxylic acids is 1. The third-order valence-electron chi connectivity index (χ3n) is 8.67. The number of benzene rings is 1. The Morgan fingerprint density at radius 3 is 2.74 bits per heavy atom. The Labute approximate surface area is 227 Å². The lowest BCUT2D eigenvalue weighted by Crippen LogP contribution is -2.51. The van der Waals surface area contributed by atoms with Crippen molar-refractivity contribution in [3.05, 3.63) is 71.9 Å². The molecular formula is C30H34FN7O. The summed E-state index contributed by atoms with van der Waals surface area (Å²) in [6.07, 6.45) is 7.68. The lowest BCUT2D eigenvalue weighted by Gasteiger charge is -2.45. The number of piperidine rings is 1. The molecule has 2 aliphatic rings. The van der Waals surface area contributed by atoms with E-state index in [1.807, 2.05) is 28.8 Å². The molecule has 1 fully saturated rings. The van der Waals surface area contributed by atoms with E-state index in [1.165, 1.54) is 18.6 Å². The van der Waals surface area contributed by atoms with Gasteiger partial charge in [0.2, 0.25) is 0 Å². The number of pyridine rings is 2. The van der Waals surface area contributed by atoms with E-state index < -0.39 is 0 Å².